The molecule has 0 aromatic heterocycles. The molecule has 2 fully saturated rings. The van der Waals surface area contributed by atoms with Crippen LogP contribution in [0.3, 0.4) is 0 Å². The fourth-order valence-electron chi connectivity index (χ4n) is 7.79. The first-order valence-electron chi connectivity index (χ1n) is 14.3. The lowest BCUT2D eigenvalue weighted by molar-refractivity contribution is -0.122. The van der Waals surface area contributed by atoms with E-state index in [0.717, 1.165) is 29.3 Å². The first kappa shape index (κ1) is 25.6. The molecular formula is C33H43NOS. The topological polar surface area (TPSA) is 20.3 Å². The molecule has 7 unspecified atom stereocenters. The molecule has 1 aliphatic heterocycles. The maximum Gasteiger partial charge on any atom is 0.254 e. The van der Waals surface area contributed by atoms with Crippen LogP contribution < -0.4 is 0 Å². The van der Waals surface area contributed by atoms with Crippen molar-refractivity contribution in [2.75, 3.05) is 7.05 Å². The molecule has 3 heteroatoms. The number of allylic oxidation sites excluding steroid dienone is 5. The van der Waals surface area contributed by atoms with E-state index in [4.69, 9.17) is 12.2 Å². The Hall–Kier alpha value is -2.00. The van der Waals surface area contributed by atoms with Crippen LogP contribution in [-0.4, -0.2) is 22.8 Å². The average molecular weight is 502 g/mol. The summed E-state index contributed by atoms with van der Waals surface area (Å²) >= 11 is 5.58. The largest absolute Gasteiger partial charge is 0.306 e. The zero-order chi connectivity index (χ0) is 25.6. The molecule has 0 N–H and O–H groups in total. The number of fused-ring (bicyclic) bond motifs is 2. The zero-order valence-electron chi connectivity index (χ0n) is 22.8. The van der Waals surface area contributed by atoms with Crippen molar-refractivity contribution < 1.29 is 4.79 Å². The lowest BCUT2D eigenvalue weighted by Gasteiger charge is -2.48. The fourth-order valence-corrected chi connectivity index (χ4v) is 7.99. The van der Waals surface area contributed by atoms with Gasteiger partial charge in [0.15, 0.2) is 0 Å². The van der Waals surface area contributed by atoms with Crippen LogP contribution in [0, 0.1) is 42.4 Å². The summed E-state index contributed by atoms with van der Waals surface area (Å²) in [5, 5.41) is 0. The minimum atomic E-state index is 0.105. The molecule has 5 rings (SSSR count). The van der Waals surface area contributed by atoms with Crippen molar-refractivity contribution in [3.05, 3.63) is 70.3 Å². The molecule has 1 aromatic carbocycles. The summed E-state index contributed by atoms with van der Waals surface area (Å²) in [6.07, 6.45) is 15.6. The Morgan fingerprint density at radius 1 is 0.972 bits per heavy atom. The van der Waals surface area contributed by atoms with E-state index in [9.17, 15) is 4.79 Å². The quantitative estimate of drug-likeness (QED) is 0.301. The van der Waals surface area contributed by atoms with E-state index in [-0.39, 0.29) is 17.7 Å². The molecule has 1 heterocycles. The van der Waals surface area contributed by atoms with Gasteiger partial charge in [-0.2, -0.15) is 0 Å². The van der Waals surface area contributed by atoms with Crippen LogP contribution in [-0.2, 0) is 4.79 Å². The van der Waals surface area contributed by atoms with Crippen molar-refractivity contribution in [1.82, 2.24) is 4.90 Å². The van der Waals surface area contributed by atoms with Crippen LogP contribution in [0.5, 0.6) is 0 Å². The Bertz CT molecular complexity index is 1110. The first-order chi connectivity index (χ1) is 17.3. The van der Waals surface area contributed by atoms with Crippen LogP contribution in [0.25, 0.3) is 0 Å². The summed E-state index contributed by atoms with van der Waals surface area (Å²) in [6, 6.07) is 9.39. The number of aryl methyl sites for hydroxylation is 1. The predicted molar refractivity (Wildman–Crippen MR) is 154 cm³/mol. The van der Waals surface area contributed by atoms with E-state index in [1.165, 1.54) is 43.2 Å². The van der Waals surface area contributed by atoms with Gasteiger partial charge in [0, 0.05) is 24.5 Å². The van der Waals surface area contributed by atoms with Crippen molar-refractivity contribution in [2.24, 2.45) is 35.5 Å². The average Bonchev–Trinajstić information content (AvgIpc) is 3.16. The molecule has 1 aromatic rings. The first-order valence-corrected chi connectivity index (χ1v) is 14.7. The molecule has 0 bridgehead atoms. The summed E-state index contributed by atoms with van der Waals surface area (Å²) in [5.74, 6) is 3.60. The number of carbonyl (C=O) groups is 1. The molecule has 36 heavy (non-hydrogen) atoms. The van der Waals surface area contributed by atoms with Crippen molar-refractivity contribution in [3.8, 4) is 0 Å². The summed E-state index contributed by atoms with van der Waals surface area (Å²) in [5.41, 5.74) is 7.12. The van der Waals surface area contributed by atoms with Crippen molar-refractivity contribution in [3.63, 3.8) is 0 Å². The Morgan fingerprint density at radius 2 is 1.69 bits per heavy atom. The van der Waals surface area contributed by atoms with Crippen LogP contribution in [0.4, 0.5) is 0 Å². The van der Waals surface area contributed by atoms with Gasteiger partial charge in [-0.05, 0) is 73.3 Å². The van der Waals surface area contributed by atoms with Crippen molar-refractivity contribution in [1.29, 1.82) is 0 Å². The van der Waals surface area contributed by atoms with E-state index >= 15 is 0 Å². The maximum absolute atomic E-state index is 13.2. The smallest absolute Gasteiger partial charge is 0.254 e. The normalized spacial score (nSPS) is 36.4. The summed E-state index contributed by atoms with van der Waals surface area (Å²) in [7, 11) is 1.85. The fraction of sp³-hybridized carbons (Fsp3) is 0.576. The lowest BCUT2D eigenvalue weighted by atomic mass is 9.56. The maximum atomic E-state index is 13.2. The third-order valence-corrected chi connectivity index (χ3v) is 10.6. The number of carbonyl (C=O) groups excluding carboxylic acids is 1. The molecule has 7 atom stereocenters. The SMILES string of the molecule is Cc1ccc(C2C(C)C3=C(C(C)C(C=C4CCC(C)C(=S)N(C)C4=O)C=C3)C3CCCCCC32)cc1. The summed E-state index contributed by atoms with van der Waals surface area (Å²) in [4.78, 5) is 15.7. The molecule has 1 saturated carbocycles. The van der Waals surface area contributed by atoms with Gasteiger partial charge in [-0.3, -0.25) is 4.79 Å². The van der Waals surface area contributed by atoms with E-state index < -0.39 is 0 Å². The number of thiocarbonyl (C=S) groups is 1. The molecule has 3 aliphatic carbocycles. The minimum absolute atomic E-state index is 0.105. The van der Waals surface area contributed by atoms with Gasteiger partial charge in [-0.15, -0.1) is 0 Å². The number of amides is 1. The van der Waals surface area contributed by atoms with Crippen molar-refractivity contribution >= 4 is 23.1 Å². The van der Waals surface area contributed by atoms with E-state index in [0.29, 0.717) is 23.7 Å². The van der Waals surface area contributed by atoms with E-state index in [2.05, 4.69) is 70.2 Å². The highest BCUT2D eigenvalue weighted by molar-refractivity contribution is 7.80. The number of hydrogen-bond acceptors (Lipinski definition) is 2. The zero-order valence-corrected chi connectivity index (χ0v) is 23.6. The highest BCUT2D eigenvalue weighted by atomic mass is 32.1. The molecule has 192 valence electrons. The summed E-state index contributed by atoms with van der Waals surface area (Å²) < 4.78 is 0. The molecule has 2 nitrogen and oxygen atoms in total. The highest BCUT2D eigenvalue weighted by Gasteiger charge is 2.45. The second kappa shape index (κ2) is 10.4. The highest BCUT2D eigenvalue weighted by Crippen LogP contribution is 2.56. The Morgan fingerprint density at radius 3 is 2.44 bits per heavy atom. The van der Waals surface area contributed by atoms with Gasteiger partial charge in [0.05, 0.1) is 4.99 Å². The number of likely N-dealkylation sites (tertiary alicyclic amines) is 1. The van der Waals surface area contributed by atoms with Gasteiger partial charge in [0.1, 0.15) is 0 Å². The Balaban J connectivity index is 1.50. The van der Waals surface area contributed by atoms with Crippen LogP contribution >= 0.6 is 12.2 Å². The molecular weight excluding hydrogens is 458 g/mol. The van der Waals surface area contributed by atoms with Crippen LogP contribution in [0.2, 0.25) is 0 Å². The number of hydrogen-bond donors (Lipinski definition) is 0. The second-order valence-electron chi connectivity index (χ2n) is 12.1. The van der Waals surface area contributed by atoms with Gasteiger partial charge >= 0.3 is 0 Å². The third kappa shape index (κ3) is 4.57. The molecule has 0 radical (unpaired) electrons. The van der Waals surface area contributed by atoms with Crippen LogP contribution in [0.1, 0.15) is 82.8 Å². The number of likely N-dealkylation sites (N-methyl/N-ethyl adjacent to an activating group) is 1. The standard InChI is InChI=1S/C33H43NOS/c1-20-11-14-24(15-12-20)30-23(4)27-18-17-25(19-26-16-13-21(2)33(36)34(5)32(26)35)22(3)31(27)29-10-8-6-7-9-28(29)30/h11-12,14-15,17-19,21-23,25,28-30H,6-10,13,16H2,1-5H3. The van der Waals surface area contributed by atoms with E-state index in [1.807, 2.05) is 7.05 Å². The molecule has 4 aliphatic rings. The number of nitrogens with zero attached hydrogens (tertiary/aromatic N) is 1. The molecule has 0 spiro atoms. The van der Waals surface area contributed by atoms with Gasteiger partial charge in [0.2, 0.25) is 0 Å². The number of benzene rings is 1. The third-order valence-electron chi connectivity index (χ3n) is 9.89. The monoisotopic (exact) mass is 501 g/mol. The Kier molecular flexibility index (Phi) is 7.41. The molecule has 1 saturated heterocycles. The lowest BCUT2D eigenvalue weighted by Crippen LogP contribution is -2.38. The van der Waals surface area contributed by atoms with Gasteiger partial charge in [-0.1, -0.05) is 106 Å². The second-order valence-corrected chi connectivity index (χ2v) is 12.5. The number of rotatable bonds is 2. The summed E-state index contributed by atoms with van der Waals surface area (Å²) in [6.45, 7) is 9.24. The van der Waals surface area contributed by atoms with E-state index in [1.54, 1.807) is 16.0 Å². The van der Waals surface area contributed by atoms with Gasteiger partial charge < -0.3 is 4.90 Å². The van der Waals surface area contributed by atoms with Gasteiger partial charge in [0.25, 0.3) is 5.91 Å². The van der Waals surface area contributed by atoms with Gasteiger partial charge in [-0.25, -0.2) is 0 Å². The Labute approximate surface area is 223 Å². The van der Waals surface area contributed by atoms with Crippen molar-refractivity contribution in [2.45, 2.75) is 78.6 Å². The minimum Gasteiger partial charge on any atom is -0.306 e. The molecule has 1 amide bonds. The predicted octanol–water partition coefficient (Wildman–Crippen LogP) is 8.19. The van der Waals surface area contributed by atoms with Crippen LogP contribution in [0.15, 0.2) is 59.2 Å².